The number of phenolic OH excluding ortho intramolecular Hbond substituents is 1. The number of anilines is 1. The molecular formula is C34H34BNO6. The van der Waals surface area contributed by atoms with Crippen molar-refractivity contribution in [1.82, 2.24) is 0 Å². The smallest absolute Gasteiger partial charge is 0.455 e. The number of imide groups is 1. The maximum atomic E-state index is 13.9. The van der Waals surface area contributed by atoms with Crippen molar-refractivity contribution in [3.8, 4) is 11.5 Å². The number of nitrogens with zero attached hydrogens (tertiary/aromatic N) is 1. The van der Waals surface area contributed by atoms with E-state index in [-0.39, 0.29) is 36.4 Å². The number of phenols is 1. The van der Waals surface area contributed by atoms with Crippen LogP contribution in [0.15, 0.2) is 102 Å². The normalized spacial score (nSPS) is 24.1. The molecule has 2 amide bonds. The van der Waals surface area contributed by atoms with E-state index >= 15 is 0 Å². The molecule has 2 N–H and O–H groups in total. The van der Waals surface area contributed by atoms with Crippen molar-refractivity contribution in [2.24, 2.45) is 17.8 Å². The Balaban J connectivity index is 1.32. The Morgan fingerprint density at radius 2 is 1.74 bits per heavy atom. The van der Waals surface area contributed by atoms with Gasteiger partial charge in [0.25, 0.3) is 0 Å². The van der Waals surface area contributed by atoms with Crippen molar-refractivity contribution in [3.05, 3.63) is 107 Å². The van der Waals surface area contributed by atoms with Gasteiger partial charge >= 0.3 is 7.12 Å². The van der Waals surface area contributed by atoms with Crippen LogP contribution in [0.2, 0.25) is 6.32 Å². The standard InChI is InChI=1S/C34H34BNO6/c1-22(17-23-9-8-12-26(37)18-23)15-16-30-31-24(21-41-27-13-6-3-7-14-27)19-28-32(29(31)20-35(40)42-30)34(39)36(33(28)38)25-10-4-2-5-11-25/h2-14,17-18,28-30,32,37,40H,15-16,19-21H2,1H3/b22-17+/t28-,29+,30-,32-/m1/s1. The van der Waals surface area contributed by atoms with Crippen LogP contribution in [0.25, 0.3) is 6.08 Å². The van der Waals surface area contributed by atoms with Crippen LogP contribution in [0.4, 0.5) is 5.69 Å². The van der Waals surface area contributed by atoms with Gasteiger partial charge in [0, 0.05) is 0 Å². The number of rotatable bonds is 8. The molecule has 214 valence electrons. The lowest BCUT2D eigenvalue weighted by Gasteiger charge is -2.43. The summed E-state index contributed by atoms with van der Waals surface area (Å²) in [4.78, 5) is 29.0. The Bertz CT molecular complexity index is 1520. The van der Waals surface area contributed by atoms with Crippen LogP contribution in [0.3, 0.4) is 0 Å². The summed E-state index contributed by atoms with van der Waals surface area (Å²) in [7, 11) is -1.04. The highest BCUT2D eigenvalue weighted by molar-refractivity contribution is 6.43. The van der Waals surface area contributed by atoms with E-state index in [0.29, 0.717) is 24.9 Å². The van der Waals surface area contributed by atoms with Crippen molar-refractivity contribution in [2.75, 3.05) is 11.5 Å². The number of aromatic hydroxyl groups is 1. The zero-order chi connectivity index (χ0) is 29.2. The summed E-state index contributed by atoms with van der Waals surface area (Å²) in [6.07, 6.45) is 3.55. The summed E-state index contributed by atoms with van der Waals surface area (Å²) < 4.78 is 12.3. The Labute approximate surface area is 246 Å². The number of ether oxygens (including phenoxy) is 1. The molecule has 0 radical (unpaired) electrons. The molecule has 1 aliphatic carbocycles. The highest BCUT2D eigenvalue weighted by Gasteiger charge is 2.57. The highest BCUT2D eigenvalue weighted by atomic mass is 16.5. The number of fused-ring (bicyclic) bond motifs is 3. The van der Waals surface area contributed by atoms with E-state index in [2.05, 4.69) is 0 Å². The van der Waals surface area contributed by atoms with Crippen molar-refractivity contribution < 1.29 is 29.1 Å². The Morgan fingerprint density at radius 1 is 1.00 bits per heavy atom. The number of allylic oxidation sites excluding steroid dienone is 1. The first-order valence-corrected chi connectivity index (χ1v) is 14.5. The second-order valence-electron chi connectivity index (χ2n) is 11.4. The van der Waals surface area contributed by atoms with E-state index in [1.54, 1.807) is 30.3 Å². The summed E-state index contributed by atoms with van der Waals surface area (Å²) in [5.41, 5.74) is 4.52. The minimum absolute atomic E-state index is 0.199. The number of benzene rings is 3. The van der Waals surface area contributed by atoms with Crippen LogP contribution >= 0.6 is 0 Å². The van der Waals surface area contributed by atoms with Crippen LogP contribution in [0.1, 0.15) is 31.7 Å². The molecule has 2 heterocycles. The first-order valence-electron chi connectivity index (χ1n) is 14.5. The Morgan fingerprint density at radius 3 is 2.48 bits per heavy atom. The zero-order valence-corrected chi connectivity index (χ0v) is 23.6. The third-order valence-electron chi connectivity index (χ3n) is 8.56. The van der Waals surface area contributed by atoms with Gasteiger partial charge in [-0.05, 0) is 91.5 Å². The molecular weight excluding hydrogens is 529 g/mol. The zero-order valence-electron chi connectivity index (χ0n) is 23.6. The lowest BCUT2D eigenvalue weighted by molar-refractivity contribution is -0.122. The van der Waals surface area contributed by atoms with E-state index in [1.165, 1.54) is 4.90 Å². The number of para-hydroxylation sites is 2. The van der Waals surface area contributed by atoms with Gasteiger partial charge in [-0.25, -0.2) is 0 Å². The molecule has 8 heteroatoms. The molecule has 0 unspecified atom stereocenters. The third kappa shape index (κ3) is 5.65. The Hall–Kier alpha value is -4.14. The summed E-state index contributed by atoms with van der Waals surface area (Å²) in [6, 6.07) is 25.7. The van der Waals surface area contributed by atoms with E-state index in [0.717, 1.165) is 28.0 Å². The first kappa shape index (κ1) is 28.0. The van der Waals surface area contributed by atoms with Crippen LogP contribution in [0, 0.1) is 17.8 Å². The van der Waals surface area contributed by atoms with Gasteiger partial charge in [-0.15, -0.1) is 0 Å². The molecule has 42 heavy (non-hydrogen) atoms. The molecule has 0 spiro atoms. The minimum Gasteiger partial charge on any atom is -0.508 e. The fourth-order valence-electron chi connectivity index (χ4n) is 6.75. The minimum atomic E-state index is -1.04. The number of carbonyl (C=O) groups is 2. The van der Waals surface area contributed by atoms with Crippen LogP contribution in [0.5, 0.6) is 11.5 Å². The van der Waals surface area contributed by atoms with Crippen molar-refractivity contribution in [1.29, 1.82) is 0 Å². The van der Waals surface area contributed by atoms with Crippen molar-refractivity contribution in [3.63, 3.8) is 0 Å². The monoisotopic (exact) mass is 563 g/mol. The second kappa shape index (κ2) is 12.0. The average molecular weight is 563 g/mol. The van der Waals surface area contributed by atoms with Gasteiger partial charge in [0.15, 0.2) is 0 Å². The van der Waals surface area contributed by atoms with E-state index in [9.17, 15) is 19.7 Å². The summed E-state index contributed by atoms with van der Waals surface area (Å²) in [5.74, 6) is -0.875. The van der Waals surface area contributed by atoms with Gasteiger partial charge in [-0.3, -0.25) is 14.5 Å². The number of hydrogen-bond acceptors (Lipinski definition) is 6. The molecule has 2 saturated heterocycles. The highest BCUT2D eigenvalue weighted by Crippen LogP contribution is 2.51. The molecule has 3 aromatic carbocycles. The van der Waals surface area contributed by atoms with E-state index in [4.69, 9.17) is 9.39 Å². The Kier molecular flexibility index (Phi) is 8.00. The van der Waals surface area contributed by atoms with E-state index < -0.39 is 25.1 Å². The number of hydrogen-bond donors (Lipinski definition) is 2. The van der Waals surface area contributed by atoms with Gasteiger partial charge in [0.1, 0.15) is 18.1 Å². The summed E-state index contributed by atoms with van der Waals surface area (Å²) in [5, 5.41) is 20.7. The predicted octanol–water partition coefficient (Wildman–Crippen LogP) is 5.66. The summed E-state index contributed by atoms with van der Waals surface area (Å²) >= 11 is 0. The maximum Gasteiger partial charge on any atom is 0.455 e. The second-order valence-corrected chi connectivity index (χ2v) is 11.4. The molecule has 2 aliphatic heterocycles. The predicted molar refractivity (Wildman–Crippen MR) is 162 cm³/mol. The quantitative estimate of drug-likeness (QED) is 0.209. The fourth-order valence-corrected chi connectivity index (χ4v) is 6.75. The number of carbonyl (C=O) groups excluding carboxylic acids is 2. The lowest BCUT2D eigenvalue weighted by atomic mass is 9.58. The van der Waals surface area contributed by atoms with Gasteiger partial charge < -0.3 is 19.5 Å². The lowest BCUT2D eigenvalue weighted by Crippen LogP contribution is -2.46. The van der Waals surface area contributed by atoms with Gasteiger partial charge in [0.2, 0.25) is 11.8 Å². The topological polar surface area (TPSA) is 96.3 Å². The van der Waals surface area contributed by atoms with Crippen molar-refractivity contribution >= 4 is 30.7 Å². The SMILES string of the molecule is C/C(=C\c1cccc(O)c1)CC[C@H]1OB(O)C[C@H]2C1=C(COc1ccccc1)C[C@H]1C(=O)N(c3ccccc3)C(=O)[C@H]12. The first-order chi connectivity index (χ1) is 20.4. The molecule has 2 fully saturated rings. The average Bonchev–Trinajstić information content (AvgIpc) is 3.24. The van der Waals surface area contributed by atoms with Crippen LogP contribution in [-0.2, 0) is 14.2 Å². The number of amides is 2. The molecule has 0 aromatic heterocycles. The van der Waals surface area contributed by atoms with Crippen LogP contribution in [-0.4, -0.2) is 41.8 Å². The molecule has 4 atom stereocenters. The molecule has 6 rings (SSSR count). The molecule has 3 aliphatic rings. The van der Waals surface area contributed by atoms with Crippen molar-refractivity contribution in [2.45, 2.75) is 38.6 Å². The van der Waals surface area contributed by atoms with E-state index in [1.807, 2.05) is 67.6 Å². The molecule has 3 aromatic rings. The van der Waals surface area contributed by atoms with Gasteiger partial charge in [-0.1, -0.05) is 60.2 Å². The molecule has 7 nitrogen and oxygen atoms in total. The molecule has 0 bridgehead atoms. The maximum absolute atomic E-state index is 13.9. The third-order valence-corrected chi connectivity index (χ3v) is 8.56. The van der Waals surface area contributed by atoms with Gasteiger partial charge in [0.05, 0.1) is 23.6 Å². The van der Waals surface area contributed by atoms with Crippen LogP contribution < -0.4 is 9.64 Å². The van der Waals surface area contributed by atoms with Gasteiger partial charge in [-0.2, -0.15) is 0 Å². The summed E-state index contributed by atoms with van der Waals surface area (Å²) in [6.45, 7) is 2.31. The fraction of sp³-hybridized carbons (Fsp3) is 0.294. The molecule has 0 saturated carbocycles. The largest absolute Gasteiger partial charge is 0.508 e.